The van der Waals surface area contributed by atoms with E-state index < -0.39 is 29.8 Å². The summed E-state index contributed by atoms with van der Waals surface area (Å²) < 4.78 is 25.8. The Hall–Kier alpha value is -4.14. The lowest BCUT2D eigenvalue weighted by atomic mass is 9.96. The highest BCUT2D eigenvalue weighted by molar-refractivity contribution is 14.1. The van der Waals surface area contributed by atoms with Gasteiger partial charge in [-0.2, -0.15) is 0 Å². The largest absolute Gasteiger partial charge is 0.469 e. The highest BCUT2D eigenvalue weighted by Gasteiger charge is 2.28. The summed E-state index contributed by atoms with van der Waals surface area (Å²) in [6.45, 7) is 0.0124. The number of methoxy groups -OCH3 is 4. The maximum Gasteiger partial charge on any atom is 0.355 e. The van der Waals surface area contributed by atoms with Crippen LogP contribution in [0.1, 0.15) is 62.5 Å². The van der Waals surface area contributed by atoms with Crippen molar-refractivity contribution in [1.29, 1.82) is 0 Å². The van der Waals surface area contributed by atoms with Gasteiger partial charge in [0.2, 0.25) is 0 Å². The molecule has 0 fully saturated rings. The van der Waals surface area contributed by atoms with E-state index in [0.29, 0.717) is 34.5 Å². The Balaban J connectivity index is 2.10. The van der Waals surface area contributed by atoms with Crippen LogP contribution in [0.5, 0.6) is 0 Å². The van der Waals surface area contributed by atoms with Crippen molar-refractivity contribution < 1.29 is 47.7 Å². The molecule has 3 rings (SSSR count). The monoisotopic (exact) mass is 722 g/mol. The van der Waals surface area contributed by atoms with Crippen molar-refractivity contribution in [3.8, 4) is 0 Å². The van der Waals surface area contributed by atoms with Crippen LogP contribution >= 0.6 is 22.6 Å². The van der Waals surface area contributed by atoms with Crippen LogP contribution in [0, 0.1) is 3.70 Å². The van der Waals surface area contributed by atoms with E-state index in [9.17, 15) is 24.0 Å². The van der Waals surface area contributed by atoms with E-state index in [0.717, 1.165) is 14.8 Å². The van der Waals surface area contributed by atoms with E-state index in [-0.39, 0.29) is 50.8 Å². The van der Waals surface area contributed by atoms with Crippen LogP contribution in [0.3, 0.4) is 0 Å². The highest BCUT2D eigenvalue weighted by atomic mass is 127. The van der Waals surface area contributed by atoms with Gasteiger partial charge in [-0.1, -0.05) is 30.3 Å². The summed E-state index contributed by atoms with van der Waals surface area (Å²) in [5, 5.41) is 0. The lowest BCUT2D eigenvalue weighted by Crippen LogP contribution is -2.12. The van der Waals surface area contributed by atoms with E-state index in [1.54, 1.807) is 0 Å². The number of carbonyl (C=O) groups excluding carboxylic acids is 5. The number of ether oxygens (including phenoxy) is 5. The number of aromatic nitrogens is 2. The number of H-pyrrole nitrogens is 2. The lowest BCUT2D eigenvalue weighted by molar-refractivity contribution is -0.141. The predicted octanol–water partition coefficient (Wildman–Crippen LogP) is 3.54. The normalized spacial score (nSPS) is 10.7. The van der Waals surface area contributed by atoms with Gasteiger partial charge in [0.1, 0.15) is 12.3 Å². The first-order valence-corrected chi connectivity index (χ1v) is 14.8. The molecule has 0 amide bonds. The molecule has 3 aromatic rings. The molecule has 0 saturated carbocycles. The van der Waals surface area contributed by atoms with Gasteiger partial charge >= 0.3 is 29.8 Å². The van der Waals surface area contributed by atoms with Crippen LogP contribution in [0.15, 0.2) is 30.3 Å². The molecule has 0 aliphatic carbocycles. The summed E-state index contributed by atoms with van der Waals surface area (Å²) >= 11 is 2.10. The number of aromatic amines is 2. The second-order valence-corrected chi connectivity index (χ2v) is 10.8. The number of rotatable bonds is 15. The lowest BCUT2D eigenvalue weighted by Gasteiger charge is -2.10. The van der Waals surface area contributed by atoms with Crippen molar-refractivity contribution in [2.75, 3.05) is 28.4 Å². The predicted molar refractivity (Wildman–Crippen MR) is 165 cm³/mol. The number of hydrogen-bond acceptors (Lipinski definition) is 10. The van der Waals surface area contributed by atoms with Crippen molar-refractivity contribution in [3.05, 3.63) is 78.9 Å². The van der Waals surface area contributed by atoms with Crippen LogP contribution < -0.4 is 0 Å². The van der Waals surface area contributed by atoms with Gasteiger partial charge in [0, 0.05) is 30.7 Å². The summed E-state index contributed by atoms with van der Waals surface area (Å²) in [6, 6.07) is 9.15. The number of benzene rings is 1. The average molecular weight is 723 g/mol. The quantitative estimate of drug-likeness (QED) is 0.135. The molecule has 0 spiro atoms. The number of carbonyl (C=O) groups is 5. The standard InChI is InChI=1S/C31H35IN2O10/c1-40-25(35)12-10-19-21(14-27(37)42-3)23(33-29(19)31(39)44-17-18-8-6-5-7-9-18)16-24-22(15-28(38)43-4)20(30(32)34-24)11-13-26(36)41-2/h5-9,33-34H,10-17H2,1-4H3. The van der Waals surface area contributed by atoms with E-state index in [1.807, 2.05) is 30.3 Å². The molecule has 0 unspecified atom stereocenters. The Morgan fingerprint density at radius 3 is 1.70 bits per heavy atom. The third-order valence-corrected chi connectivity index (χ3v) is 7.96. The minimum Gasteiger partial charge on any atom is -0.469 e. The average Bonchev–Trinajstić information content (AvgIpc) is 3.52. The second-order valence-electron chi connectivity index (χ2n) is 9.71. The Bertz CT molecular complexity index is 1490. The second kappa shape index (κ2) is 16.6. The van der Waals surface area contributed by atoms with Crippen molar-refractivity contribution in [2.24, 2.45) is 0 Å². The molecule has 1 aromatic carbocycles. The summed E-state index contributed by atoms with van der Waals surface area (Å²) in [4.78, 5) is 68.8. The Labute approximate surface area is 268 Å². The van der Waals surface area contributed by atoms with Gasteiger partial charge < -0.3 is 33.7 Å². The minimum atomic E-state index is -0.666. The van der Waals surface area contributed by atoms with Gasteiger partial charge in [-0.15, -0.1) is 0 Å². The third kappa shape index (κ3) is 9.18. The van der Waals surface area contributed by atoms with Crippen LogP contribution in [0.25, 0.3) is 0 Å². The van der Waals surface area contributed by atoms with E-state index in [1.165, 1.54) is 28.4 Å². The third-order valence-electron chi connectivity index (χ3n) is 7.04. The molecule has 2 heterocycles. The van der Waals surface area contributed by atoms with E-state index in [2.05, 4.69) is 32.6 Å². The summed E-state index contributed by atoms with van der Waals surface area (Å²) in [6.07, 6.45) is 0.335. The Morgan fingerprint density at radius 2 is 1.16 bits per heavy atom. The zero-order valence-electron chi connectivity index (χ0n) is 25.0. The van der Waals surface area contributed by atoms with Gasteiger partial charge in [-0.05, 0) is 63.2 Å². The topological polar surface area (TPSA) is 163 Å². The number of esters is 5. The fraction of sp³-hybridized carbons (Fsp3) is 0.387. The summed E-state index contributed by atoms with van der Waals surface area (Å²) in [7, 11) is 5.11. The minimum absolute atomic E-state index is 0.0124. The molecule has 0 radical (unpaired) electrons. The SMILES string of the molecule is COC(=O)CCc1c(I)[nH]c(Cc2[nH]c(C(=O)OCc3ccccc3)c(CCC(=O)OC)c2CC(=O)OC)c1CC(=O)OC. The maximum atomic E-state index is 13.4. The number of nitrogens with one attached hydrogen (secondary N) is 2. The molecule has 13 heteroatoms. The van der Waals surface area contributed by atoms with Crippen molar-refractivity contribution in [2.45, 2.75) is 51.6 Å². The molecule has 0 aliphatic rings. The molecule has 2 aromatic heterocycles. The van der Waals surface area contributed by atoms with Gasteiger partial charge in [0.15, 0.2) is 0 Å². The Morgan fingerprint density at radius 1 is 0.659 bits per heavy atom. The number of hydrogen-bond donors (Lipinski definition) is 2. The molecular formula is C31H35IN2O10. The molecule has 12 nitrogen and oxygen atoms in total. The molecule has 236 valence electrons. The van der Waals surface area contributed by atoms with Gasteiger partial charge in [-0.25, -0.2) is 4.79 Å². The van der Waals surface area contributed by atoms with Crippen molar-refractivity contribution in [3.63, 3.8) is 0 Å². The fourth-order valence-electron chi connectivity index (χ4n) is 4.74. The van der Waals surface area contributed by atoms with Gasteiger partial charge in [0.05, 0.1) is 45.0 Å². The molecular weight excluding hydrogens is 687 g/mol. The zero-order valence-corrected chi connectivity index (χ0v) is 27.2. The van der Waals surface area contributed by atoms with Gasteiger partial charge in [-0.3, -0.25) is 19.2 Å². The molecule has 0 atom stereocenters. The first kappa shape index (κ1) is 34.4. The molecule has 0 aliphatic heterocycles. The fourth-order valence-corrected chi connectivity index (χ4v) is 5.66. The first-order valence-electron chi connectivity index (χ1n) is 13.7. The maximum absolute atomic E-state index is 13.4. The zero-order chi connectivity index (χ0) is 32.2. The molecule has 0 saturated heterocycles. The van der Waals surface area contributed by atoms with E-state index in [4.69, 9.17) is 23.7 Å². The van der Waals surface area contributed by atoms with Crippen LogP contribution in [-0.4, -0.2) is 68.3 Å². The van der Waals surface area contributed by atoms with Crippen molar-refractivity contribution in [1.82, 2.24) is 9.97 Å². The highest BCUT2D eigenvalue weighted by Crippen LogP contribution is 2.30. The van der Waals surface area contributed by atoms with Crippen LogP contribution in [0.2, 0.25) is 0 Å². The Kier molecular flexibility index (Phi) is 13.0. The van der Waals surface area contributed by atoms with E-state index >= 15 is 0 Å². The molecule has 2 N–H and O–H groups in total. The number of halogens is 1. The van der Waals surface area contributed by atoms with Crippen LogP contribution in [-0.2, 0) is 81.6 Å². The van der Waals surface area contributed by atoms with Gasteiger partial charge in [0.25, 0.3) is 0 Å². The smallest absolute Gasteiger partial charge is 0.355 e. The molecule has 0 bridgehead atoms. The van der Waals surface area contributed by atoms with Crippen LogP contribution in [0.4, 0.5) is 0 Å². The summed E-state index contributed by atoms with van der Waals surface area (Å²) in [5.74, 6) is -2.59. The first-order chi connectivity index (χ1) is 21.1. The van der Waals surface area contributed by atoms with Crippen molar-refractivity contribution >= 4 is 52.4 Å². The molecule has 44 heavy (non-hydrogen) atoms. The summed E-state index contributed by atoms with van der Waals surface area (Å²) in [5.41, 5.74) is 4.28.